The molecule has 0 N–H and O–H groups in total. The number of hydrogen-bond acceptors (Lipinski definition) is 3. The predicted octanol–water partition coefficient (Wildman–Crippen LogP) is 1.20. The molecule has 14 heavy (non-hydrogen) atoms. The summed E-state index contributed by atoms with van der Waals surface area (Å²) in [4.78, 5) is 23.9. The highest BCUT2D eigenvalue weighted by Crippen LogP contribution is 1.98. The standard InChI is InChI=1S/C10H19NO3/c1-4-8-11(3)9(12)6-7-10(13)14-5-2/h4-8H2,1-3H3. The highest BCUT2D eigenvalue weighted by Gasteiger charge is 2.10. The average molecular weight is 201 g/mol. The van der Waals surface area contributed by atoms with Gasteiger partial charge in [-0.15, -0.1) is 0 Å². The molecular formula is C10H19NO3. The predicted molar refractivity (Wildman–Crippen MR) is 53.8 cm³/mol. The van der Waals surface area contributed by atoms with Crippen LogP contribution < -0.4 is 0 Å². The van der Waals surface area contributed by atoms with Crippen LogP contribution in [0.1, 0.15) is 33.1 Å². The molecule has 0 spiro atoms. The van der Waals surface area contributed by atoms with Crippen molar-refractivity contribution in [2.45, 2.75) is 33.1 Å². The number of nitrogens with zero attached hydrogens (tertiary/aromatic N) is 1. The van der Waals surface area contributed by atoms with Crippen LogP contribution in [0.4, 0.5) is 0 Å². The lowest BCUT2D eigenvalue weighted by molar-refractivity contribution is -0.145. The second kappa shape index (κ2) is 7.35. The molecule has 0 saturated carbocycles. The highest BCUT2D eigenvalue weighted by atomic mass is 16.5. The minimum atomic E-state index is -0.300. The van der Waals surface area contributed by atoms with Crippen molar-refractivity contribution >= 4 is 11.9 Å². The summed E-state index contributed by atoms with van der Waals surface area (Å²) in [5.41, 5.74) is 0. The molecule has 0 saturated heterocycles. The van der Waals surface area contributed by atoms with Gasteiger partial charge in [0.15, 0.2) is 0 Å². The van der Waals surface area contributed by atoms with Crippen LogP contribution in [0.2, 0.25) is 0 Å². The molecule has 4 nitrogen and oxygen atoms in total. The van der Waals surface area contributed by atoms with E-state index in [-0.39, 0.29) is 24.7 Å². The first-order valence-electron chi connectivity index (χ1n) is 5.01. The van der Waals surface area contributed by atoms with E-state index < -0.39 is 0 Å². The first-order chi connectivity index (χ1) is 6.61. The largest absolute Gasteiger partial charge is 0.466 e. The van der Waals surface area contributed by atoms with Crippen LogP contribution in [-0.4, -0.2) is 37.0 Å². The van der Waals surface area contributed by atoms with Gasteiger partial charge in [-0.3, -0.25) is 9.59 Å². The second-order valence-electron chi connectivity index (χ2n) is 3.12. The molecule has 0 aliphatic rings. The Morgan fingerprint density at radius 2 is 1.86 bits per heavy atom. The van der Waals surface area contributed by atoms with Crippen molar-refractivity contribution in [3.05, 3.63) is 0 Å². The van der Waals surface area contributed by atoms with Gasteiger partial charge in [-0.25, -0.2) is 0 Å². The van der Waals surface area contributed by atoms with E-state index in [0.717, 1.165) is 13.0 Å². The summed E-state index contributed by atoms with van der Waals surface area (Å²) in [6, 6.07) is 0. The van der Waals surface area contributed by atoms with Gasteiger partial charge in [-0.05, 0) is 13.3 Å². The van der Waals surface area contributed by atoms with Crippen molar-refractivity contribution in [2.75, 3.05) is 20.2 Å². The minimum absolute atomic E-state index is 0.0000898. The first kappa shape index (κ1) is 12.9. The molecule has 0 unspecified atom stereocenters. The molecule has 4 heteroatoms. The van der Waals surface area contributed by atoms with Crippen molar-refractivity contribution in [3.8, 4) is 0 Å². The normalized spacial score (nSPS) is 9.64. The lowest BCUT2D eigenvalue weighted by atomic mass is 10.3. The quantitative estimate of drug-likeness (QED) is 0.607. The first-order valence-corrected chi connectivity index (χ1v) is 5.01. The van der Waals surface area contributed by atoms with Gasteiger partial charge >= 0.3 is 5.97 Å². The van der Waals surface area contributed by atoms with Gasteiger partial charge in [0, 0.05) is 20.0 Å². The molecule has 0 bridgehead atoms. The van der Waals surface area contributed by atoms with Gasteiger partial charge in [-0.2, -0.15) is 0 Å². The summed E-state index contributed by atoms with van der Waals surface area (Å²) in [5, 5.41) is 0. The SMILES string of the molecule is CCCN(C)C(=O)CCC(=O)OCC. The Hall–Kier alpha value is -1.06. The molecule has 0 rings (SSSR count). The monoisotopic (exact) mass is 201 g/mol. The molecule has 0 aliphatic carbocycles. The summed E-state index contributed by atoms with van der Waals surface area (Å²) in [5.74, 6) is -0.300. The summed E-state index contributed by atoms with van der Waals surface area (Å²) in [6.45, 7) is 4.87. The lowest BCUT2D eigenvalue weighted by Gasteiger charge is -2.15. The summed E-state index contributed by atoms with van der Waals surface area (Å²) >= 11 is 0. The van der Waals surface area contributed by atoms with E-state index in [1.54, 1.807) is 18.9 Å². The van der Waals surface area contributed by atoms with E-state index in [1.807, 2.05) is 6.92 Å². The molecule has 82 valence electrons. The maximum absolute atomic E-state index is 11.4. The molecule has 0 radical (unpaired) electrons. The summed E-state index contributed by atoms with van der Waals surface area (Å²) < 4.78 is 4.72. The maximum Gasteiger partial charge on any atom is 0.306 e. The molecular weight excluding hydrogens is 182 g/mol. The summed E-state index contributed by atoms with van der Waals surface area (Å²) in [7, 11) is 1.75. The fourth-order valence-corrected chi connectivity index (χ4v) is 1.09. The fourth-order valence-electron chi connectivity index (χ4n) is 1.09. The Morgan fingerprint density at radius 3 is 2.36 bits per heavy atom. The van der Waals surface area contributed by atoms with Gasteiger partial charge < -0.3 is 9.64 Å². The van der Waals surface area contributed by atoms with Gasteiger partial charge in [0.05, 0.1) is 13.0 Å². The Labute approximate surface area is 85.2 Å². The Morgan fingerprint density at radius 1 is 1.21 bits per heavy atom. The van der Waals surface area contributed by atoms with Crippen molar-refractivity contribution in [1.82, 2.24) is 4.90 Å². The Bertz CT molecular complexity index is 192. The number of rotatable bonds is 6. The topological polar surface area (TPSA) is 46.6 Å². The molecule has 1 amide bonds. The van der Waals surface area contributed by atoms with Crippen molar-refractivity contribution < 1.29 is 14.3 Å². The van der Waals surface area contributed by atoms with E-state index in [4.69, 9.17) is 4.74 Å². The van der Waals surface area contributed by atoms with Crippen LogP contribution in [0.5, 0.6) is 0 Å². The van der Waals surface area contributed by atoms with Gasteiger partial charge in [0.1, 0.15) is 0 Å². The lowest BCUT2D eigenvalue weighted by Crippen LogP contribution is -2.27. The second-order valence-corrected chi connectivity index (χ2v) is 3.12. The number of amides is 1. The number of hydrogen-bond donors (Lipinski definition) is 0. The number of carbonyl (C=O) groups excluding carboxylic acids is 2. The molecule has 0 fully saturated rings. The van der Waals surface area contributed by atoms with Crippen molar-refractivity contribution in [1.29, 1.82) is 0 Å². The number of ether oxygens (including phenoxy) is 1. The average Bonchev–Trinajstić information content (AvgIpc) is 2.15. The third-order valence-corrected chi connectivity index (χ3v) is 1.83. The highest BCUT2D eigenvalue weighted by molar-refractivity contribution is 5.81. The van der Waals surface area contributed by atoms with Crippen LogP contribution in [0.3, 0.4) is 0 Å². The van der Waals surface area contributed by atoms with E-state index in [9.17, 15) is 9.59 Å². The van der Waals surface area contributed by atoms with Gasteiger partial charge in [-0.1, -0.05) is 6.92 Å². The van der Waals surface area contributed by atoms with Crippen molar-refractivity contribution in [3.63, 3.8) is 0 Å². The smallest absolute Gasteiger partial charge is 0.306 e. The molecule has 0 aromatic heterocycles. The third kappa shape index (κ3) is 5.56. The van der Waals surface area contributed by atoms with E-state index in [1.165, 1.54) is 0 Å². The molecule has 0 atom stereocenters. The van der Waals surface area contributed by atoms with Crippen LogP contribution in [0.25, 0.3) is 0 Å². The van der Waals surface area contributed by atoms with E-state index in [0.29, 0.717) is 6.61 Å². The molecule has 0 aliphatic heterocycles. The minimum Gasteiger partial charge on any atom is -0.466 e. The van der Waals surface area contributed by atoms with Crippen LogP contribution in [0.15, 0.2) is 0 Å². The Kier molecular flexibility index (Phi) is 6.80. The molecule has 0 heterocycles. The van der Waals surface area contributed by atoms with E-state index in [2.05, 4.69) is 0 Å². The zero-order valence-corrected chi connectivity index (χ0v) is 9.21. The van der Waals surface area contributed by atoms with Crippen LogP contribution in [0, 0.1) is 0 Å². The maximum atomic E-state index is 11.4. The molecule has 0 aromatic rings. The van der Waals surface area contributed by atoms with E-state index >= 15 is 0 Å². The Balaban J connectivity index is 3.67. The van der Waals surface area contributed by atoms with Crippen LogP contribution in [-0.2, 0) is 14.3 Å². The third-order valence-electron chi connectivity index (χ3n) is 1.83. The van der Waals surface area contributed by atoms with Gasteiger partial charge in [0.25, 0.3) is 0 Å². The fraction of sp³-hybridized carbons (Fsp3) is 0.800. The van der Waals surface area contributed by atoms with Gasteiger partial charge in [0.2, 0.25) is 5.91 Å². The zero-order valence-electron chi connectivity index (χ0n) is 9.21. The van der Waals surface area contributed by atoms with Crippen LogP contribution >= 0.6 is 0 Å². The zero-order chi connectivity index (χ0) is 11.0. The molecule has 0 aromatic carbocycles. The van der Waals surface area contributed by atoms with Crippen molar-refractivity contribution in [2.24, 2.45) is 0 Å². The number of carbonyl (C=O) groups is 2. The number of esters is 1. The summed E-state index contributed by atoms with van der Waals surface area (Å²) in [6.07, 6.45) is 1.36.